The fraction of sp³-hybridized carbons (Fsp3) is 0.889. The maximum Gasteiger partial charge on any atom is 0.111 e. The molecule has 122 valence electrons. The van der Waals surface area contributed by atoms with Crippen LogP contribution in [0.2, 0.25) is 0 Å². The standard InChI is InChI=1S/C18H34N2O/c1-4-14-19-17(16-11-7-10-15-21-16)18(20(2)3)12-8-5-6-9-13-18/h11,17,19H,4-10,12-15H2,1-3H3. The van der Waals surface area contributed by atoms with E-state index < -0.39 is 0 Å². The molecule has 1 heterocycles. The van der Waals surface area contributed by atoms with Crippen LogP contribution in [0.1, 0.15) is 64.7 Å². The van der Waals surface area contributed by atoms with Gasteiger partial charge in [0, 0.05) is 5.54 Å². The van der Waals surface area contributed by atoms with Crippen molar-refractivity contribution in [2.24, 2.45) is 0 Å². The highest BCUT2D eigenvalue weighted by atomic mass is 16.5. The fourth-order valence-electron chi connectivity index (χ4n) is 3.96. The maximum atomic E-state index is 6.08. The predicted molar refractivity (Wildman–Crippen MR) is 89.5 cm³/mol. The zero-order valence-electron chi connectivity index (χ0n) is 14.3. The van der Waals surface area contributed by atoms with Crippen molar-refractivity contribution in [2.45, 2.75) is 76.3 Å². The summed E-state index contributed by atoms with van der Waals surface area (Å²) in [5.74, 6) is 1.21. The Morgan fingerprint density at radius 3 is 2.43 bits per heavy atom. The Balaban J connectivity index is 2.26. The lowest BCUT2D eigenvalue weighted by Crippen LogP contribution is -2.60. The minimum absolute atomic E-state index is 0.217. The second kappa shape index (κ2) is 8.19. The average Bonchev–Trinajstić information content (AvgIpc) is 2.76. The van der Waals surface area contributed by atoms with Crippen LogP contribution in [0.5, 0.6) is 0 Å². The van der Waals surface area contributed by atoms with E-state index in [0.717, 1.165) is 13.2 Å². The SMILES string of the molecule is CCCNC(C1=CCCCO1)C1(N(C)C)CCCCCC1. The summed E-state index contributed by atoms with van der Waals surface area (Å²) in [4.78, 5) is 2.48. The molecule has 0 spiro atoms. The molecular weight excluding hydrogens is 260 g/mol. The summed E-state index contributed by atoms with van der Waals surface area (Å²) in [7, 11) is 4.52. The second-order valence-corrected chi connectivity index (χ2v) is 6.90. The third-order valence-corrected chi connectivity index (χ3v) is 5.24. The lowest BCUT2D eigenvalue weighted by molar-refractivity contribution is 0.0547. The van der Waals surface area contributed by atoms with Crippen molar-refractivity contribution in [1.29, 1.82) is 0 Å². The number of hydrogen-bond acceptors (Lipinski definition) is 3. The first kappa shape index (κ1) is 16.8. The highest BCUT2D eigenvalue weighted by Crippen LogP contribution is 2.37. The third kappa shape index (κ3) is 4.01. The molecule has 1 aliphatic carbocycles. The smallest absolute Gasteiger partial charge is 0.111 e. The van der Waals surface area contributed by atoms with Crippen LogP contribution in [0.4, 0.5) is 0 Å². The summed E-state index contributed by atoms with van der Waals surface area (Å²) in [6, 6.07) is 0.353. The van der Waals surface area contributed by atoms with Gasteiger partial charge in [-0.3, -0.25) is 0 Å². The fourth-order valence-corrected chi connectivity index (χ4v) is 3.96. The quantitative estimate of drug-likeness (QED) is 0.756. The summed E-state index contributed by atoms with van der Waals surface area (Å²) in [6.45, 7) is 4.20. The summed E-state index contributed by atoms with van der Waals surface area (Å²) in [5.41, 5.74) is 0.217. The molecule has 1 N–H and O–H groups in total. The lowest BCUT2D eigenvalue weighted by Gasteiger charge is -2.47. The monoisotopic (exact) mass is 294 g/mol. The van der Waals surface area contributed by atoms with Crippen molar-refractivity contribution >= 4 is 0 Å². The molecule has 0 bridgehead atoms. The minimum Gasteiger partial charge on any atom is -0.497 e. The number of nitrogens with one attached hydrogen (secondary N) is 1. The van der Waals surface area contributed by atoms with Gasteiger partial charge in [-0.1, -0.05) is 32.6 Å². The van der Waals surface area contributed by atoms with Gasteiger partial charge in [0.05, 0.1) is 12.6 Å². The first-order valence-corrected chi connectivity index (χ1v) is 8.94. The Morgan fingerprint density at radius 2 is 1.90 bits per heavy atom. The van der Waals surface area contributed by atoms with Gasteiger partial charge in [0.15, 0.2) is 0 Å². The largest absolute Gasteiger partial charge is 0.497 e. The van der Waals surface area contributed by atoms with Gasteiger partial charge in [-0.15, -0.1) is 0 Å². The van der Waals surface area contributed by atoms with Crippen molar-refractivity contribution in [3.05, 3.63) is 11.8 Å². The van der Waals surface area contributed by atoms with E-state index >= 15 is 0 Å². The zero-order valence-corrected chi connectivity index (χ0v) is 14.3. The summed E-state index contributed by atoms with van der Waals surface area (Å²) in [5, 5.41) is 3.82. The van der Waals surface area contributed by atoms with Crippen LogP contribution in [0.25, 0.3) is 0 Å². The predicted octanol–water partition coefficient (Wildman–Crippen LogP) is 3.70. The molecule has 1 aliphatic heterocycles. The van der Waals surface area contributed by atoms with E-state index in [-0.39, 0.29) is 5.54 Å². The van der Waals surface area contributed by atoms with E-state index in [1.54, 1.807) is 0 Å². The maximum absolute atomic E-state index is 6.08. The molecule has 1 saturated carbocycles. The Hall–Kier alpha value is -0.540. The molecule has 0 aromatic rings. The van der Waals surface area contributed by atoms with Crippen LogP contribution in [-0.2, 0) is 4.74 Å². The molecular formula is C18H34N2O. The molecule has 3 nitrogen and oxygen atoms in total. The number of hydrogen-bond donors (Lipinski definition) is 1. The van der Waals surface area contributed by atoms with Crippen molar-refractivity contribution < 1.29 is 4.74 Å². The van der Waals surface area contributed by atoms with Gasteiger partial charge in [0.2, 0.25) is 0 Å². The Bertz CT molecular complexity index is 330. The van der Waals surface area contributed by atoms with E-state index in [9.17, 15) is 0 Å². The zero-order chi connectivity index (χ0) is 15.1. The van der Waals surface area contributed by atoms with E-state index in [1.165, 1.54) is 63.5 Å². The molecule has 0 saturated heterocycles. The summed E-state index contributed by atoms with van der Waals surface area (Å²) in [6.07, 6.45) is 13.9. The molecule has 3 heteroatoms. The second-order valence-electron chi connectivity index (χ2n) is 6.90. The number of rotatable bonds is 6. The van der Waals surface area contributed by atoms with Crippen LogP contribution in [0.15, 0.2) is 11.8 Å². The molecule has 0 radical (unpaired) electrons. The lowest BCUT2D eigenvalue weighted by atomic mass is 9.79. The van der Waals surface area contributed by atoms with Crippen LogP contribution in [0.3, 0.4) is 0 Å². The van der Waals surface area contributed by atoms with Crippen molar-refractivity contribution in [2.75, 3.05) is 27.2 Å². The van der Waals surface area contributed by atoms with Crippen LogP contribution < -0.4 is 5.32 Å². The van der Waals surface area contributed by atoms with Crippen LogP contribution in [-0.4, -0.2) is 43.7 Å². The van der Waals surface area contributed by atoms with E-state index in [1.807, 2.05) is 0 Å². The van der Waals surface area contributed by atoms with Crippen LogP contribution in [0, 0.1) is 0 Å². The molecule has 0 aromatic carbocycles. The third-order valence-electron chi connectivity index (χ3n) is 5.24. The van der Waals surface area contributed by atoms with E-state index in [4.69, 9.17) is 4.74 Å². The van der Waals surface area contributed by atoms with Crippen LogP contribution >= 0.6 is 0 Å². The number of nitrogens with zero attached hydrogens (tertiary/aromatic N) is 1. The van der Waals surface area contributed by atoms with Gasteiger partial charge < -0.3 is 15.0 Å². The van der Waals surface area contributed by atoms with Crippen molar-refractivity contribution in [3.63, 3.8) is 0 Å². The Kier molecular flexibility index (Phi) is 6.56. The highest BCUT2D eigenvalue weighted by Gasteiger charge is 2.43. The van der Waals surface area contributed by atoms with Crippen molar-refractivity contribution in [3.8, 4) is 0 Å². The van der Waals surface area contributed by atoms with Crippen molar-refractivity contribution in [1.82, 2.24) is 10.2 Å². The summed E-state index contributed by atoms with van der Waals surface area (Å²) < 4.78 is 6.08. The number of allylic oxidation sites excluding steroid dienone is 1. The topological polar surface area (TPSA) is 24.5 Å². The number of ether oxygens (including phenoxy) is 1. The molecule has 21 heavy (non-hydrogen) atoms. The van der Waals surface area contributed by atoms with Gasteiger partial charge in [0.25, 0.3) is 0 Å². The minimum atomic E-state index is 0.217. The Morgan fingerprint density at radius 1 is 1.19 bits per heavy atom. The number of likely N-dealkylation sites (N-methyl/N-ethyl adjacent to an activating group) is 1. The van der Waals surface area contributed by atoms with Gasteiger partial charge in [-0.25, -0.2) is 0 Å². The Labute approximate surface area is 131 Å². The molecule has 1 fully saturated rings. The van der Waals surface area contributed by atoms with Gasteiger partial charge in [-0.05, 0) is 58.8 Å². The molecule has 1 atom stereocenters. The van der Waals surface area contributed by atoms with Gasteiger partial charge in [0.1, 0.15) is 5.76 Å². The summed E-state index contributed by atoms with van der Waals surface area (Å²) >= 11 is 0. The van der Waals surface area contributed by atoms with E-state index in [2.05, 4.69) is 37.3 Å². The normalized spacial score (nSPS) is 24.1. The average molecular weight is 294 g/mol. The first-order chi connectivity index (χ1) is 10.2. The molecule has 2 rings (SSSR count). The molecule has 0 amide bonds. The molecule has 1 unspecified atom stereocenters. The van der Waals surface area contributed by atoms with Gasteiger partial charge in [-0.2, -0.15) is 0 Å². The molecule has 2 aliphatic rings. The first-order valence-electron chi connectivity index (χ1n) is 8.94. The molecule has 0 aromatic heterocycles. The highest BCUT2D eigenvalue weighted by molar-refractivity contribution is 5.16. The van der Waals surface area contributed by atoms with E-state index in [0.29, 0.717) is 6.04 Å². The van der Waals surface area contributed by atoms with Gasteiger partial charge >= 0.3 is 0 Å².